The molecule has 1 heterocycles. The van der Waals surface area contributed by atoms with Crippen LogP contribution in [0.15, 0.2) is 42.7 Å². The van der Waals surface area contributed by atoms with Crippen molar-refractivity contribution in [3.05, 3.63) is 42.7 Å². The number of sulfonamides is 1. The van der Waals surface area contributed by atoms with Crippen molar-refractivity contribution < 1.29 is 8.42 Å². The van der Waals surface area contributed by atoms with Gasteiger partial charge in [0, 0.05) is 5.56 Å². The molecule has 0 amide bonds. The third kappa shape index (κ3) is 3.25. The van der Waals surface area contributed by atoms with Crippen molar-refractivity contribution in [3.63, 3.8) is 0 Å². The van der Waals surface area contributed by atoms with Crippen molar-refractivity contribution in [2.45, 2.75) is 0 Å². The smallest absolute Gasteiger partial charge is 0.229 e. The lowest BCUT2D eigenvalue weighted by Gasteiger charge is -2.03. The normalized spacial score (nSPS) is 11.1. The zero-order valence-corrected chi connectivity index (χ0v) is 9.98. The number of aromatic nitrogens is 2. The molecule has 0 bridgehead atoms. The van der Waals surface area contributed by atoms with Crippen molar-refractivity contribution in [2.75, 3.05) is 11.0 Å². The molecule has 0 aliphatic carbocycles. The fourth-order valence-corrected chi connectivity index (χ4v) is 1.86. The molecule has 0 aliphatic rings. The summed E-state index contributed by atoms with van der Waals surface area (Å²) < 4.78 is 24.3. The van der Waals surface area contributed by atoms with Gasteiger partial charge in [-0.2, -0.15) is 0 Å². The first-order chi connectivity index (χ1) is 8.04. The molecule has 0 atom stereocenters. The molecule has 0 radical (unpaired) electrons. The maximum absolute atomic E-state index is 11.0. The molecule has 0 unspecified atom stereocenters. The molecular weight excluding hydrogens is 238 g/mol. The van der Waals surface area contributed by atoms with Crippen LogP contribution in [-0.2, 0) is 10.0 Å². The second-order valence-electron chi connectivity index (χ2n) is 3.54. The molecule has 0 spiro atoms. The lowest BCUT2D eigenvalue weighted by molar-refractivity contribution is 0.606. The van der Waals surface area contributed by atoms with Crippen molar-refractivity contribution >= 4 is 15.7 Å². The molecule has 1 aromatic carbocycles. The van der Waals surface area contributed by atoms with Crippen LogP contribution in [0, 0.1) is 0 Å². The zero-order valence-electron chi connectivity index (χ0n) is 9.16. The summed E-state index contributed by atoms with van der Waals surface area (Å²) >= 11 is 0. The van der Waals surface area contributed by atoms with Crippen LogP contribution in [0.1, 0.15) is 0 Å². The molecule has 2 aromatic rings. The van der Waals surface area contributed by atoms with Gasteiger partial charge in [0.25, 0.3) is 0 Å². The van der Waals surface area contributed by atoms with Crippen LogP contribution in [0.2, 0.25) is 0 Å². The topological polar surface area (TPSA) is 72.0 Å². The summed E-state index contributed by atoms with van der Waals surface area (Å²) in [4.78, 5) is 8.19. The van der Waals surface area contributed by atoms with Crippen LogP contribution in [-0.4, -0.2) is 24.6 Å². The first-order valence-corrected chi connectivity index (χ1v) is 6.79. The van der Waals surface area contributed by atoms with Crippen LogP contribution >= 0.6 is 0 Å². The summed E-state index contributed by atoms with van der Waals surface area (Å²) in [6, 6.07) is 9.46. The molecule has 0 saturated carbocycles. The molecule has 1 aromatic heterocycles. The third-order valence-corrected chi connectivity index (χ3v) is 2.59. The molecule has 0 aliphatic heterocycles. The van der Waals surface area contributed by atoms with E-state index < -0.39 is 10.0 Å². The Balaban J connectivity index is 2.25. The van der Waals surface area contributed by atoms with Gasteiger partial charge in [0.15, 0.2) is 5.82 Å². The summed E-state index contributed by atoms with van der Waals surface area (Å²) in [5.74, 6) is 0.560. The molecule has 1 N–H and O–H groups in total. The fourth-order valence-electron chi connectivity index (χ4n) is 1.33. The summed E-state index contributed by atoms with van der Waals surface area (Å²) in [5, 5.41) is 0. The predicted molar refractivity (Wildman–Crippen MR) is 65.9 cm³/mol. The van der Waals surface area contributed by atoms with Gasteiger partial charge < -0.3 is 0 Å². The first-order valence-electron chi connectivity index (χ1n) is 4.90. The third-order valence-electron chi connectivity index (χ3n) is 1.99. The van der Waals surface area contributed by atoms with E-state index in [1.807, 2.05) is 30.3 Å². The number of nitrogens with zero attached hydrogens (tertiary/aromatic N) is 2. The minimum atomic E-state index is -3.28. The highest BCUT2D eigenvalue weighted by molar-refractivity contribution is 7.92. The van der Waals surface area contributed by atoms with Crippen molar-refractivity contribution in [1.29, 1.82) is 0 Å². The second-order valence-corrected chi connectivity index (χ2v) is 5.28. The van der Waals surface area contributed by atoms with Crippen LogP contribution < -0.4 is 4.72 Å². The molecule has 6 heteroatoms. The van der Waals surface area contributed by atoms with Gasteiger partial charge in [-0.15, -0.1) is 0 Å². The lowest BCUT2D eigenvalue weighted by Crippen LogP contribution is -2.10. The zero-order chi connectivity index (χ0) is 12.3. The van der Waals surface area contributed by atoms with E-state index in [-0.39, 0.29) is 0 Å². The Kier molecular flexibility index (Phi) is 3.06. The minimum absolute atomic E-state index is 0.354. The monoisotopic (exact) mass is 249 g/mol. The summed E-state index contributed by atoms with van der Waals surface area (Å²) in [7, 11) is -3.28. The Morgan fingerprint density at radius 2 is 1.65 bits per heavy atom. The van der Waals surface area contributed by atoms with E-state index in [1.54, 1.807) is 0 Å². The lowest BCUT2D eigenvalue weighted by atomic mass is 10.2. The number of anilines is 1. The van der Waals surface area contributed by atoms with Crippen LogP contribution in [0.3, 0.4) is 0 Å². The number of rotatable bonds is 3. The van der Waals surface area contributed by atoms with Gasteiger partial charge in [-0.3, -0.25) is 4.72 Å². The minimum Gasteiger partial charge on any atom is -0.281 e. The van der Waals surface area contributed by atoms with E-state index in [0.29, 0.717) is 11.5 Å². The van der Waals surface area contributed by atoms with Gasteiger partial charge in [-0.05, 0) is 0 Å². The van der Waals surface area contributed by atoms with Crippen molar-refractivity contribution in [1.82, 2.24) is 9.97 Å². The van der Waals surface area contributed by atoms with Gasteiger partial charge >= 0.3 is 0 Å². The molecule has 17 heavy (non-hydrogen) atoms. The highest BCUT2D eigenvalue weighted by Crippen LogP contribution is 2.14. The predicted octanol–water partition coefficient (Wildman–Crippen LogP) is 1.52. The Labute approximate surface area is 99.6 Å². The SMILES string of the molecule is CS(=O)(=O)Nc1cnc(-c2ccccc2)nc1. The van der Waals surface area contributed by atoms with Crippen LogP contribution in [0.25, 0.3) is 11.4 Å². The van der Waals surface area contributed by atoms with E-state index in [1.165, 1.54) is 12.4 Å². The average Bonchev–Trinajstić information content (AvgIpc) is 2.29. The molecular formula is C11H11N3O2S. The largest absolute Gasteiger partial charge is 0.281 e. The second kappa shape index (κ2) is 4.50. The summed E-state index contributed by atoms with van der Waals surface area (Å²) in [6.45, 7) is 0. The van der Waals surface area contributed by atoms with Gasteiger partial charge in [-0.1, -0.05) is 30.3 Å². The van der Waals surface area contributed by atoms with Crippen molar-refractivity contribution in [2.24, 2.45) is 0 Å². The molecule has 0 fully saturated rings. The number of benzene rings is 1. The molecule has 0 saturated heterocycles. The molecule has 2 rings (SSSR count). The van der Waals surface area contributed by atoms with Crippen molar-refractivity contribution in [3.8, 4) is 11.4 Å². The van der Waals surface area contributed by atoms with E-state index in [4.69, 9.17) is 0 Å². The van der Waals surface area contributed by atoms with Crippen LogP contribution in [0.4, 0.5) is 5.69 Å². The van der Waals surface area contributed by atoms with Gasteiger partial charge in [-0.25, -0.2) is 18.4 Å². The highest BCUT2D eigenvalue weighted by atomic mass is 32.2. The van der Waals surface area contributed by atoms with E-state index in [2.05, 4.69) is 14.7 Å². The first kappa shape index (κ1) is 11.5. The number of nitrogens with one attached hydrogen (secondary N) is 1. The van der Waals surface area contributed by atoms with E-state index in [0.717, 1.165) is 11.8 Å². The van der Waals surface area contributed by atoms with Crippen LogP contribution in [0.5, 0.6) is 0 Å². The number of hydrogen-bond acceptors (Lipinski definition) is 4. The summed E-state index contributed by atoms with van der Waals surface area (Å²) in [5.41, 5.74) is 1.24. The Hall–Kier alpha value is -1.95. The Bertz CT molecular complexity index is 594. The quantitative estimate of drug-likeness (QED) is 0.895. The fraction of sp³-hybridized carbons (Fsp3) is 0.0909. The van der Waals surface area contributed by atoms with Gasteiger partial charge in [0.05, 0.1) is 24.3 Å². The standard InChI is InChI=1S/C11H11N3O2S/c1-17(15,16)14-10-7-12-11(13-8-10)9-5-3-2-4-6-9/h2-8,14H,1H3. The van der Waals surface area contributed by atoms with E-state index in [9.17, 15) is 8.42 Å². The maximum Gasteiger partial charge on any atom is 0.229 e. The average molecular weight is 249 g/mol. The molecule has 5 nitrogen and oxygen atoms in total. The molecule has 88 valence electrons. The van der Waals surface area contributed by atoms with E-state index >= 15 is 0 Å². The summed E-state index contributed by atoms with van der Waals surface area (Å²) in [6.07, 6.45) is 3.96. The Morgan fingerprint density at radius 3 is 2.18 bits per heavy atom. The number of hydrogen-bond donors (Lipinski definition) is 1. The highest BCUT2D eigenvalue weighted by Gasteiger charge is 2.04. The Morgan fingerprint density at radius 1 is 1.06 bits per heavy atom. The van der Waals surface area contributed by atoms with Gasteiger partial charge in [0.2, 0.25) is 10.0 Å². The maximum atomic E-state index is 11.0. The van der Waals surface area contributed by atoms with Gasteiger partial charge in [0.1, 0.15) is 0 Å².